The minimum atomic E-state index is -0.545. The fourth-order valence-electron chi connectivity index (χ4n) is 5.07. The van der Waals surface area contributed by atoms with Gasteiger partial charge in [0.1, 0.15) is 11.6 Å². The van der Waals surface area contributed by atoms with Gasteiger partial charge in [-0.15, -0.1) is 0 Å². The Hall–Kier alpha value is -0.640. The van der Waals surface area contributed by atoms with Gasteiger partial charge in [0, 0.05) is 12.1 Å². The maximum Gasteiger partial charge on any atom is 0.149 e. The van der Waals surface area contributed by atoms with Crippen molar-refractivity contribution in [3.63, 3.8) is 0 Å². The van der Waals surface area contributed by atoms with Crippen molar-refractivity contribution in [1.29, 1.82) is 0 Å². The van der Waals surface area contributed by atoms with Gasteiger partial charge in [-0.05, 0) is 71.4 Å². The Morgan fingerprint density at radius 2 is 1.80 bits per heavy atom. The summed E-state index contributed by atoms with van der Waals surface area (Å²) in [5, 5.41) is 3.35. The molecule has 2 bridgehead atoms. The second-order valence-corrected chi connectivity index (χ2v) is 7.51. The summed E-state index contributed by atoms with van der Waals surface area (Å²) in [6, 6.07) is 2.85. The number of benzene rings is 1. The van der Waals surface area contributed by atoms with Crippen LogP contribution in [0.2, 0.25) is 0 Å². The third-order valence-corrected chi connectivity index (χ3v) is 6.39. The molecule has 4 rings (SSSR count). The molecular weight excluding hydrogens is 324 g/mol. The zero-order chi connectivity index (χ0) is 13.9. The van der Waals surface area contributed by atoms with Crippen LogP contribution in [0, 0.1) is 35.3 Å². The number of fused-ring (bicyclic) bond motifs is 5. The molecule has 3 aliphatic rings. The molecule has 0 aliphatic heterocycles. The van der Waals surface area contributed by atoms with E-state index in [0.29, 0.717) is 22.1 Å². The summed E-state index contributed by atoms with van der Waals surface area (Å²) in [6.45, 7) is 0. The van der Waals surface area contributed by atoms with Crippen molar-refractivity contribution in [3.05, 3.63) is 28.2 Å². The van der Waals surface area contributed by atoms with Gasteiger partial charge in [0.15, 0.2) is 0 Å². The van der Waals surface area contributed by atoms with E-state index in [1.165, 1.54) is 31.7 Å². The van der Waals surface area contributed by atoms with Crippen LogP contribution < -0.4 is 5.32 Å². The Morgan fingerprint density at radius 1 is 1.00 bits per heavy atom. The summed E-state index contributed by atoms with van der Waals surface area (Å²) in [5.41, 5.74) is 0.436. The van der Waals surface area contributed by atoms with E-state index in [1.807, 2.05) is 0 Å². The van der Waals surface area contributed by atoms with Crippen LogP contribution in [0.25, 0.3) is 0 Å². The van der Waals surface area contributed by atoms with Crippen LogP contribution in [-0.4, -0.2) is 6.04 Å². The molecular formula is C16H18BrF2N. The van der Waals surface area contributed by atoms with Crippen molar-refractivity contribution in [2.75, 3.05) is 5.32 Å². The Balaban J connectivity index is 1.55. The van der Waals surface area contributed by atoms with E-state index < -0.39 is 11.6 Å². The molecule has 3 saturated carbocycles. The first kappa shape index (κ1) is 13.1. The molecule has 3 aliphatic carbocycles. The molecule has 108 valence electrons. The van der Waals surface area contributed by atoms with Gasteiger partial charge in [-0.1, -0.05) is 6.42 Å². The standard InChI is InChI=1S/C16H18BrF2N/c17-12-6-16(14(19)7-13(12)18)20-15-5-8-4-11(15)10-3-1-2-9(8)10/h6-11,15,20H,1-5H2. The fourth-order valence-corrected chi connectivity index (χ4v) is 5.41. The molecule has 3 fully saturated rings. The van der Waals surface area contributed by atoms with E-state index in [2.05, 4.69) is 21.2 Å². The molecule has 5 atom stereocenters. The molecule has 1 aromatic carbocycles. The summed E-state index contributed by atoms with van der Waals surface area (Å²) >= 11 is 3.13. The van der Waals surface area contributed by atoms with Crippen molar-refractivity contribution in [2.24, 2.45) is 23.7 Å². The van der Waals surface area contributed by atoms with Gasteiger partial charge >= 0.3 is 0 Å². The first-order valence-electron chi connectivity index (χ1n) is 7.54. The molecule has 1 N–H and O–H groups in total. The SMILES string of the molecule is Fc1cc(F)c(NC2CC3CC2C2CCCC32)cc1Br. The lowest BCUT2D eigenvalue weighted by Gasteiger charge is -2.32. The van der Waals surface area contributed by atoms with E-state index in [1.54, 1.807) is 0 Å². The fraction of sp³-hybridized carbons (Fsp3) is 0.625. The van der Waals surface area contributed by atoms with Gasteiger partial charge in [-0.25, -0.2) is 8.78 Å². The maximum atomic E-state index is 13.9. The van der Waals surface area contributed by atoms with Crippen LogP contribution in [0.3, 0.4) is 0 Å². The number of nitrogens with one attached hydrogen (secondary N) is 1. The first-order chi connectivity index (χ1) is 9.63. The summed E-state index contributed by atoms with van der Waals surface area (Å²) in [7, 11) is 0. The smallest absolute Gasteiger partial charge is 0.149 e. The van der Waals surface area contributed by atoms with Crippen LogP contribution in [-0.2, 0) is 0 Å². The Kier molecular flexibility index (Phi) is 3.06. The topological polar surface area (TPSA) is 12.0 Å². The summed E-state index contributed by atoms with van der Waals surface area (Å²) < 4.78 is 27.5. The molecule has 1 aromatic rings. The quantitative estimate of drug-likeness (QED) is 0.749. The van der Waals surface area contributed by atoms with Crippen LogP contribution in [0.15, 0.2) is 16.6 Å². The third kappa shape index (κ3) is 1.91. The van der Waals surface area contributed by atoms with Crippen molar-refractivity contribution in [1.82, 2.24) is 0 Å². The molecule has 0 heterocycles. The highest BCUT2D eigenvalue weighted by Gasteiger charge is 2.53. The van der Waals surface area contributed by atoms with Crippen molar-refractivity contribution < 1.29 is 8.78 Å². The number of hydrogen-bond donors (Lipinski definition) is 1. The van der Waals surface area contributed by atoms with E-state index in [0.717, 1.165) is 30.2 Å². The third-order valence-electron chi connectivity index (χ3n) is 5.78. The molecule has 0 aromatic heterocycles. The average molecular weight is 342 g/mol. The van der Waals surface area contributed by atoms with Gasteiger partial charge in [0.05, 0.1) is 10.2 Å². The van der Waals surface area contributed by atoms with Crippen LogP contribution >= 0.6 is 15.9 Å². The number of rotatable bonds is 2. The predicted molar refractivity (Wildman–Crippen MR) is 78.5 cm³/mol. The second kappa shape index (κ2) is 4.69. The van der Waals surface area contributed by atoms with Crippen LogP contribution in [0.4, 0.5) is 14.5 Å². The molecule has 0 amide bonds. The summed E-state index contributed by atoms with van der Waals surface area (Å²) in [6.07, 6.45) is 6.57. The van der Waals surface area contributed by atoms with Gasteiger partial charge < -0.3 is 5.32 Å². The highest BCUT2D eigenvalue weighted by atomic mass is 79.9. The molecule has 1 nitrogen and oxygen atoms in total. The van der Waals surface area contributed by atoms with Crippen molar-refractivity contribution >= 4 is 21.6 Å². The zero-order valence-electron chi connectivity index (χ0n) is 11.2. The van der Waals surface area contributed by atoms with E-state index in [-0.39, 0.29) is 0 Å². The lowest BCUT2D eigenvalue weighted by Crippen LogP contribution is -2.34. The second-order valence-electron chi connectivity index (χ2n) is 6.65. The van der Waals surface area contributed by atoms with Crippen molar-refractivity contribution in [3.8, 4) is 0 Å². The predicted octanol–water partition coefficient (Wildman–Crippen LogP) is 4.96. The number of hydrogen-bond acceptors (Lipinski definition) is 1. The first-order valence-corrected chi connectivity index (χ1v) is 8.34. The van der Waals surface area contributed by atoms with Gasteiger partial charge in [0.2, 0.25) is 0 Å². The Morgan fingerprint density at radius 3 is 2.65 bits per heavy atom. The molecule has 0 saturated heterocycles. The van der Waals surface area contributed by atoms with Gasteiger partial charge in [0.25, 0.3) is 0 Å². The minimum Gasteiger partial charge on any atom is -0.380 e. The molecule has 20 heavy (non-hydrogen) atoms. The maximum absolute atomic E-state index is 13.9. The Labute approximate surface area is 126 Å². The average Bonchev–Trinajstić information content (AvgIpc) is 3.07. The summed E-state index contributed by atoms with van der Waals surface area (Å²) in [4.78, 5) is 0. The van der Waals surface area contributed by atoms with Gasteiger partial charge in [-0.3, -0.25) is 0 Å². The summed E-state index contributed by atoms with van der Waals surface area (Å²) in [5.74, 6) is 2.27. The minimum absolute atomic E-state index is 0.322. The molecule has 0 spiro atoms. The molecule has 0 radical (unpaired) electrons. The van der Waals surface area contributed by atoms with E-state index in [9.17, 15) is 8.78 Å². The van der Waals surface area contributed by atoms with Crippen molar-refractivity contribution in [2.45, 2.75) is 38.1 Å². The molecule has 4 heteroatoms. The lowest BCUT2D eigenvalue weighted by atomic mass is 9.79. The van der Waals surface area contributed by atoms with E-state index in [4.69, 9.17) is 0 Å². The van der Waals surface area contributed by atoms with Crippen LogP contribution in [0.5, 0.6) is 0 Å². The lowest BCUT2D eigenvalue weighted by molar-refractivity contribution is 0.243. The number of halogens is 3. The largest absolute Gasteiger partial charge is 0.380 e. The zero-order valence-corrected chi connectivity index (χ0v) is 12.8. The molecule has 5 unspecified atom stereocenters. The monoisotopic (exact) mass is 341 g/mol. The Bertz CT molecular complexity index is 548. The number of anilines is 1. The highest BCUT2D eigenvalue weighted by Crippen LogP contribution is 2.59. The van der Waals surface area contributed by atoms with E-state index >= 15 is 0 Å². The van der Waals surface area contributed by atoms with Gasteiger partial charge in [-0.2, -0.15) is 0 Å². The highest BCUT2D eigenvalue weighted by molar-refractivity contribution is 9.10. The normalized spacial score (nSPS) is 38.2. The van der Waals surface area contributed by atoms with Crippen LogP contribution in [0.1, 0.15) is 32.1 Å².